The molecule has 0 aliphatic carbocycles. The fraction of sp³-hybridized carbons (Fsp3) is 0. The predicted octanol–water partition coefficient (Wildman–Crippen LogP) is -0.511. The number of carbonyl (C=O) groups is 2. The Kier molecular flexibility index (Phi) is 3.66. The fourth-order valence-corrected chi connectivity index (χ4v) is 8.29. The Balaban J connectivity index is 2.81. The molecule has 0 N–H and O–H groups in total. The molecule has 0 spiro atoms. The van der Waals surface area contributed by atoms with Gasteiger partial charge in [-0.2, -0.15) is 0 Å². The number of carbonyl (C=O) groups excluding carboxylic acids is 2. The van der Waals surface area contributed by atoms with Gasteiger partial charge >= 0.3 is 79.5 Å². The van der Waals surface area contributed by atoms with E-state index in [0.29, 0.717) is 18.1 Å². The molecule has 0 amide bonds. The van der Waals surface area contributed by atoms with Crippen molar-refractivity contribution in [1.29, 1.82) is 0 Å². The second kappa shape index (κ2) is 4.31. The summed E-state index contributed by atoms with van der Waals surface area (Å²) in [5.41, 5.74) is 0.426. The second-order valence-electron chi connectivity index (χ2n) is 1.49. The average Bonchev–Trinajstić information content (AvgIpc) is 2.43. The van der Waals surface area contributed by atoms with Crippen LogP contribution in [-0.4, -0.2) is 54.4 Å². The van der Waals surface area contributed by atoms with Crippen LogP contribution >= 0.6 is 0 Å². The third-order valence-electron chi connectivity index (χ3n) is 0.895. The first-order chi connectivity index (χ1) is 4.88. The molecule has 0 fully saturated rings. The molecule has 0 saturated carbocycles. The molecule has 0 atom stereocenters. The first-order valence-corrected chi connectivity index (χ1v) is 7.53. The summed E-state index contributed by atoms with van der Waals surface area (Å²) < 4.78 is 5.49. The van der Waals surface area contributed by atoms with Crippen molar-refractivity contribution in [2.45, 2.75) is 0 Å². The van der Waals surface area contributed by atoms with Gasteiger partial charge in [-0.3, -0.25) is 0 Å². The minimum atomic E-state index is -0.245. The maximum absolute atomic E-state index is 10.2. The Hall–Kier alpha value is 0.399. The van der Waals surface area contributed by atoms with Gasteiger partial charge in [0.25, 0.3) is 0 Å². The molecule has 0 saturated heterocycles. The SMILES string of the molecule is O=CC(C=O)=C1[Te]C=C[Te]1. The van der Waals surface area contributed by atoms with Crippen molar-refractivity contribution in [2.24, 2.45) is 0 Å². The van der Waals surface area contributed by atoms with E-state index in [-0.39, 0.29) is 41.8 Å². The molecule has 1 aliphatic rings. The summed E-state index contributed by atoms with van der Waals surface area (Å²) in [5, 5.41) is 0. The Morgan fingerprint density at radius 3 is 2.10 bits per heavy atom. The van der Waals surface area contributed by atoms with Gasteiger partial charge in [-0.1, -0.05) is 0 Å². The van der Waals surface area contributed by atoms with E-state index in [1.807, 2.05) is 0 Å². The van der Waals surface area contributed by atoms with Gasteiger partial charge in [0.05, 0.1) is 0 Å². The third kappa shape index (κ3) is 1.94. The van der Waals surface area contributed by atoms with Crippen molar-refractivity contribution in [3.63, 3.8) is 0 Å². The van der Waals surface area contributed by atoms with Gasteiger partial charge in [0, 0.05) is 0 Å². The Bertz CT molecular complexity index is 198. The molecule has 0 radical (unpaired) electrons. The summed E-state index contributed by atoms with van der Waals surface area (Å²) >= 11 is -0.491. The Morgan fingerprint density at radius 1 is 1.20 bits per heavy atom. The average molecular weight is 363 g/mol. The summed E-state index contributed by atoms with van der Waals surface area (Å²) in [7, 11) is 0. The third-order valence-corrected chi connectivity index (χ3v) is 10.4. The summed E-state index contributed by atoms with van der Waals surface area (Å²) in [6, 6.07) is 0. The van der Waals surface area contributed by atoms with E-state index in [9.17, 15) is 9.59 Å². The molecular formula is C6H4O2Te2. The van der Waals surface area contributed by atoms with Gasteiger partial charge < -0.3 is 0 Å². The van der Waals surface area contributed by atoms with Crippen LogP contribution in [0.2, 0.25) is 0 Å². The first-order valence-electron chi connectivity index (χ1n) is 2.51. The van der Waals surface area contributed by atoms with Gasteiger partial charge in [0.15, 0.2) is 0 Å². The molecular weight excluding hydrogens is 359 g/mol. The molecule has 4 heteroatoms. The van der Waals surface area contributed by atoms with E-state index < -0.39 is 0 Å². The second-order valence-corrected chi connectivity index (χ2v) is 9.22. The topological polar surface area (TPSA) is 34.1 Å². The van der Waals surface area contributed by atoms with E-state index in [2.05, 4.69) is 8.25 Å². The molecule has 1 heterocycles. The molecule has 0 aromatic rings. The molecule has 2 nitrogen and oxygen atoms in total. The first kappa shape index (κ1) is 8.50. The van der Waals surface area contributed by atoms with Crippen LogP contribution in [0.3, 0.4) is 0 Å². The number of allylic oxidation sites excluding steroid dienone is 1. The van der Waals surface area contributed by atoms with E-state index >= 15 is 0 Å². The van der Waals surface area contributed by atoms with Crippen LogP contribution in [0.25, 0.3) is 0 Å². The van der Waals surface area contributed by atoms with Crippen molar-refractivity contribution in [3.8, 4) is 0 Å². The summed E-state index contributed by atoms with van der Waals surface area (Å²) in [6.45, 7) is 0. The van der Waals surface area contributed by atoms with Gasteiger partial charge in [-0.25, -0.2) is 0 Å². The molecule has 0 aromatic carbocycles. The minimum absolute atomic E-state index is 0.245. The van der Waals surface area contributed by atoms with Crippen molar-refractivity contribution >= 4 is 54.4 Å². The van der Waals surface area contributed by atoms with Crippen molar-refractivity contribution in [1.82, 2.24) is 0 Å². The van der Waals surface area contributed by atoms with Crippen LogP contribution in [0.15, 0.2) is 15.5 Å². The van der Waals surface area contributed by atoms with Crippen LogP contribution in [0.1, 0.15) is 0 Å². The normalized spacial score (nSPS) is 15.4. The summed E-state index contributed by atoms with van der Waals surface area (Å²) in [5.74, 6) is 0. The zero-order valence-electron chi connectivity index (χ0n) is 4.94. The molecule has 0 aromatic heterocycles. The molecule has 0 unspecified atom stereocenters. The van der Waals surface area contributed by atoms with Gasteiger partial charge in [0.2, 0.25) is 0 Å². The predicted molar refractivity (Wildman–Crippen MR) is 39.8 cm³/mol. The van der Waals surface area contributed by atoms with E-state index in [4.69, 9.17) is 0 Å². The van der Waals surface area contributed by atoms with Crippen molar-refractivity contribution in [2.75, 3.05) is 0 Å². The standard InChI is InChI=1S/C6H4O2Te2/c7-3-5(4-8)6-9-1-2-10-6/h1-4H. The van der Waals surface area contributed by atoms with E-state index in [1.165, 1.54) is 1.67 Å². The van der Waals surface area contributed by atoms with Crippen LogP contribution in [0, 0.1) is 0 Å². The quantitative estimate of drug-likeness (QED) is 0.218. The Labute approximate surface area is 78.9 Å². The molecule has 52 valence electrons. The zero-order valence-corrected chi connectivity index (χ0v) is 9.60. The van der Waals surface area contributed by atoms with Crippen LogP contribution in [0.4, 0.5) is 0 Å². The van der Waals surface area contributed by atoms with Gasteiger partial charge in [-0.05, 0) is 0 Å². The fourth-order valence-electron chi connectivity index (χ4n) is 0.467. The maximum atomic E-state index is 10.2. The summed E-state index contributed by atoms with van der Waals surface area (Å²) in [4.78, 5) is 20.5. The number of hydrogen-bond donors (Lipinski definition) is 0. The number of aldehydes is 2. The van der Waals surface area contributed by atoms with Crippen LogP contribution in [-0.2, 0) is 9.59 Å². The molecule has 1 rings (SSSR count). The monoisotopic (exact) mass is 368 g/mol. The molecule has 0 bridgehead atoms. The van der Waals surface area contributed by atoms with E-state index in [1.54, 1.807) is 0 Å². The van der Waals surface area contributed by atoms with Gasteiger partial charge in [0.1, 0.15) is 0 Å². The molecule has 10 heavy (non-hydrogen) atoms. The van der Waals surface area contributed by atoms with Crippen LogP contribution in [0.5, 0.6) is 0 Å². The van der Waals surface area contributed by atoms with Crippen molar-refractivity contribution < 1.29 is 9.59 Å². The van der Waals surface area contributed by atoms with E-state index in [0.717, 1.165) is 0 Å². The van der Waals surface area contributed by atoms with Crippen LogP contribution < -0.4 is 0 Å². The Morgan fingerprint density at radius 2 is 1.70 bits per heavy atom. The number of rotatable bonds is 2. The summed E-state index contributed by atoms with van der Waals surface area (Å²) in [6.07, 6.45) is 1.37. The van der Waals surface area contributed by atoms with Gasteiger partial charge in [-0.15, -0.1) is 0 Å². The van der Waals surface area contributed by atoms with Crippen molar-refractivity contribution in [3.05, 3.63) is 15.5 Å². The molecule has 1 aliphatic heterocycles. The zero-order chi connectivity index (χ0) is 7.40. The number of hydrogen-bond acceptors (Lipinski definition) is 2.